The number of aromatic nitrogens is 1. The van der Waals surface area contributed by atoms with Crippen LogP contribution in [0.4, 0.5) is 5.69 Å². The predicted molar refractivity (Wildman–Crippen MR) is 55.1 cm³/mol. The molecule has 0 unspecified atom stereocenters. The zero-order valence-corrected chi connectivity index (χ0v) is 8.72. The van der Waals surface area contributed by atoms with Gasteiger partial charge in [-0.1, -0.05) is 18.5 Å². The number of rotatable bonds is 3. The molecule has 0 saturated heterocycles. The molecular weight excluding hydrogens is 204 g/mol. The number of carbonyl (C=O) groups is 1. The van der Waals surface area contributed by atoms with Crippen molar-refractivity contribution < 1.29 is 9.90 Å². The summed E-state index contributed by atoms with van der Waals surface area (Å²) in [5, 5.41) is 12.1. The van der Waals surface area contributed by atoms with Crippen LogP contribution in [0.5, 0.6) is 0 Å². The van der Waals surface area contributed by atoms with Gasteiger partial charge in [0.1, 0.15) is 10.7 Å². The van der Waals surface area contributed by atoms with Crippen LogP contribution in [0.1, 0.15) is 23.0 Å². The first kappa shape index (κ1) is 10.8. The summed E-state index contributed by atoms with van der Waals surface area (Å²) in [5.41, 5.74) is 1.18. The van der Waals surface area contributed by atoms with E-state index < -0.39 is 5.97 Å². The molecule has 4 nitrogen and oxygen atoms in total. The van der Waals surface area contributed by atoms with Gasteiger partial charge in [0.25, 0.3) is 0 Å². The van der Waals surface area contributed by atoms with Crippen LogP contribution in [0.2, 0.25) is 5.15 Å². The van der Waals surface area contributed by atoms with Crippen LogP contribution < -0.4 is 5.32 Å². The Morgan fingerprint density at radius 3 is 2.79 bits per heavy atom. The summed E-state index contributed by atoms with van der Waals surface area (Å²) in [6, 6.07) is 1.50. The molecule has 0 atom stereocenters. The highest BCUT2D eigenvalue weighted by atomic mass is 35.5. The van der Waals surface area contributed by atoms with E-state index in [2.05, 4.69) is 10.3 Å². The average Bonchev–Trinajstić information content (AvgIpc) is 2.15. The second-order valence-corrected chi connectivity index (χ2v) is 3.11. The van der Waals surface area contributed by atoms with E-state index in [0.29, 0.717) is 23.0 Å². The summed E-state index contributed by atoms with van der Waals surface area (Å²) < 4.78 is 0. The van der Waals surface area contributed by atoms with Crippen molar-refractivity contribution in [1.29, 1.82) is 0 Å². The molecule has 0 fully saturated rings. The van der Waals surface area contributed by atoms with E-state index >= 15 is 0 Å². The van der Waals surface area contributed by atoms with E-state index in [-0.39, 0.29) is 5.56 Å². The van der Waals surface area contributed by atoms with Crippen molar-refractivity contribution in [3.05, 3.63) is 22.5 Å². The molecular formula is C9H11ClN2O2. The van der Waals surface area contributed by atoms with Crippen LogP contribution in [0.25, 0.3) is 0 Å². The second kappa shape index (κ2) is 4.28. The van der Waals surface area contributed by atoms with Crippen LogP contribution in [0, 0.1) is 0 Å². The lowest BCUT2D eigenvalue weighted by Crippen LogP contribution is -2.08. The van der Waals surface area contributed by atoms with Crippen LogP contribution in [0.3, 0.4) is 0 Å². The molecule has 0 spiro atoms. The van der Waals surface area contributed by atoms with Gasteiger partial charge in [0.15, 0.2) is 0 Å². The van der Waals surface area contributed by atoms with Gasteiger partial charge in [0, 0.05) is 7.05 Å². The van der Waals surface area contributed by atoms with Crippen molar-refractivity contribution in [1.82, 2.24) is 4.98 Å². The van der Waals surface area contributed by atoms with Crippen LogP contribution in [0.15, 0.2) is 6.07 Å². The van der Waals surface area contributed by atoms with Crippen molar-refractivity contribution in [3.63, 3.8) is 0 Å². The fourth-order valence-electron chi connectivity index (χ4n) is 1.26. The number of carboxylic acids is 1. The Morgan fingerprint density at radius 2 is 2.36 bits per heavy atom. The van der Waals surface area contributed by atoms with E-state index in [0.717, 1.165) is 0 Å². The molecule has 1 aromatic heterocycles. The quantitative estimate of drug-likeness (QED) is 0.756. The molecule has 14 heavy (non-hydrogen) atoms. The minimum Gasteiger partial charge on any atom is -0.478 e. The summed E-state index contributed by atoms with van der Waals surface area (Å²) in [6.07, 6.45) is 0.539. The summed E-state index contributed by atoms with van der Waals surface area (Å²) in [5.74, 6) is -0.990. The Labute approximate surface area is 86.9 Å². The predicted octanol–water partition coefficient (Wildman–Crippen LogP) is 2.04. The van der Waals surface area contributed by atoms with E-state index in [4.69, 9.17) is 16.7 Å². The minimum atomic E-state index is -0.990. The molecule has 0 aromatic carbocycles. The lowest BCUT2D eigenvalue weighted by Gasteiger charge is -2.09. The summed E-state index contributed by atoms with van der Waals surface area (Å²) in [6.45, 7) is 1.84. The van der Waals surface area contributed by atoms with Crippen LogP contribution in [-0.4, -0.2) is 23.1 Å². The highest BCUT2D eigenvalue weighted by Crippen LogP contribution is 2.22. The van der Waals surface area contributed by atoms with Gasteiger partial charge < -0.3 is 10.4 Å². The maximum absolute atomic E-state index is 10.9. The largest absolute Gasteiger partial charge is 0.478 e. The van der Waals surface area contributed by atoms with Gasteiger partial charge in [-0.2, -0.15) is 0 Å². The number of carboxylic acid groups (broad SMARTS) is 1. The standard InChI is InChI=1S/C9H11ClN2O2/c1-3-5-8(9(13)14)6(11-2)4-7(10)12-5/h4H,3H2,1-2H3,(H,11,12)(H,13,14). The Bertz CT molecular complexity index is 341. The molecule has 1 rings (SSSR count). The zero-order chi connectivity index (χ0) is 10.7. The molecule has 0 radical (unpaired) electrons. The van der Waals surface area contributed by atoms with E-state index in [9.17, 15) is 4.79 Å². The third kappa shape index (κ3) is 1.96. The van der Waals surface area contributed by atoms with Gasteiger partial charge in [-0.25, -0.2) is 9.78 Å². The van der Waals surface area contributed by atoms with Crippen molar-refractivity contribution >= 4 is 23.3 Å². The van der Waals surface area contributed by atoms with Crippen LogP contribution >= 0.6 is 11.6 Å². The highest BCUT2D eigenvalue weighted by Gasteiger charge is 2.16. The Morgan fingerprint density at radius 1 is 1.71 bits per heavy atom. The molecule has 76 valence electrons. The zero-order valence-electron chi connectivity index (χ0n) is 7.97. The minimum absolute atomic E-state index is 0.194. The first-order valence-electron chi connectivity index (χ1n) is 4.20. The number of hydrogen-bond donors (Lipinski definition) is 2. The third-order valence-corrected chi connectivity index (χ3v) is 2.07. The smallest absolute Gasteiger partial charge is 0.339 e. The maximum Gasteiger partial charge on any atom is 0.339 e. The Hall–Kier alpha value is -1.29. The second-order valence-electron chi connectivity index (χ2n) is 2.72. The number of pyridine rings is 1. The summed E-state index contributed by atoms with van der Waals surface area (Å²) in [4.78, 5) is 14.9. The Balaban J connectivity index is 3.40. The summed E-state index contributed by atoms with van der Waals surface area (Å²) in [7, 11) is 1.65. The van der Waals surface area contributed by atoms with Gasteiger partial charge in [-0.15, -0.1) is 0 Å². The molecule has 0 saturated carbocycles. The molecule has 0 amide bonds. The molecule has 5 heteroatoms. The number of anilines is 1. The monoisotopic (exact) mass is 214 g/mol. The van der Waals surface area contributed by atoms with Gasteiger partial charge >= 0.3 is 5.97 Å². The van der Waals surface area contributed by atoms with E-state index in [1.54, 1.807) is 7.05 Å². The molecule has 0 bridgehead atoms. The number of nitrogens with zero attached hydrogens (tertiary/aromatic N) is 1. The van der Waals surface area contributed by atoms with Gasteiger partial charge in [0.05, 0.1) is 11.4 Å². The number of hydrogen-bond acceptors (Lipinski definition) is 3. The van der Waals surface area contributed by atoms with Crippen molar-refractivity contribution in [2.75, 3.05) is 12.4 Å². The topological polar surface area (TPSA) is 62.2 Å². The SMILES string of the molecule is CCc1nc(Cl)cc(NC)c1C(=O)O. The molecule has 1 heterocycles. The summed E-state index contributed by atoms with van der Waals surface area (Å²) >= 11 is 5.74. The van der Waals surface area contributed by atoms with Crippen molar-refractivity contribution in [2.45, 2.75) is 13.3 Å². The van der Waals surface area contributed by atoms with Crippen molar-refractivity contribution in [3.8, 4) is 0 Å². The van der Waals surface area contributed by atoms with Gasteiger partial charge in [0.2, 0.25) is 0 Å². The Kier molecular flexibility index (Phi) is 3.30. The number of aryl methyl sites for hydroxylation is 1. The fraction of sp³-hybridized carbons (Fsp3) is 0.333. The maximum atomic E-state index is 10.9. The van der Waals surface area contributed by atoms with Gasteiger partial charge in [-0.05, 0) is 12.5 Å². The molecule has 0 aliphatic carbocycles. The molecule has 1 aromatic rings. The first-order valence-corrected chi connectivity index (χ1v) is 4.58. The molecule has 2 N–H and O–H groups in total. The van der Waals surface area contributed by atoms with E-state index in [1.165, 1.54) is 6.07 Å². The van der Waals surface area contributed by atoms with Gasteiger partial charge in [-0.3, -0.25) is 0 Å². The first-order chi connectivity index (χ1) is 6.60. The molecule has 0 aliphatic rings. The lowest BCUT2D eigenvalue weighted by molar-refractivity contribution is 0.0696. The molecule has 0 aliphatic heterocycles. The lowest BCUT2D eigenvalue weighted by atomic mass is 10.1. The normalized spacial score (nSPS) is 9.93. The van der Waals surface area contributed by atoms with E-state index in [1.807, 2.05) is 6.92 Å². The van der Waals surface area contributed by atoms with Crippen molar-refractivity contribution in [2.24, 2.45) is 0 Å². The fourth-order valence-corrected chi connectivity index (χ4v) is 1.47. The number of nitrogens with one attached hydrogen (secondary N) is 1. The highest BCUT2D eigenvalue weighted by molar-refractivity contribution is 6.29. The average molecular weight is 215 g/mol. The number of aromatic carboxylic acids is 1. The number of halogens is 1. The van der Waals surface area contributed by atoms with Crippen LogP contribution in [-0.2, 0) is 6.42 Å². The third-order valence-electron chi connectivity index (χ3n) is 1.88.